The molecule has 142 valence electrons. The van der Waals surface area contributed by atoms with Crippen molar-refractivity contribution in [2.75, 3.05) is 26.3 Å². The summed E-state index contributed by atoms with van der Waals surface area (Å²) in [4.78, 5) is 22.4. The molecule has 3 aromatic rings. The van der Waals surface area contributed by atoms with Gasteiger partial charge in [-0.2, -0.15) is 13.2 Å². The number of ether oxygens (including phenoxy) is 1. The van der Waals surface area contributed by atoms with E-state index < -0.39 is 17.6 Å². The van der Waals surface area contributed by atoms with Crippen molar-refractivity contribution in [1.29, 1.82) is 0 Å². The summed E-state index contributed by atoms with van der Waals surface area (Å²) in [5.74, 6) is -0.255. The first-order chi connectivity index (χ1) is 12.9. The van der Waals surface area contributed by atoms with Gasteiger partial charge in [0.2, 0.25) is 0 Å². The lowest BCUT2D eigenvalue weighted by molar-refractivity contribution is -0.137. The Bertz CT molecular complexity index is 958. The van der Waals surface area contributed by atoms with Gasteiger partial charge in [0, 0.05) is 25.9 Å². The van der Waals surface area contributed by atoms with Crippen molar-refractivity contribution >= 4 is 11.6 Å². The highest BCUT2D eigenvalue weighted by atomic mass is 19.4. The fourth-order valence-corrected chi connectivity index (χ4v) is 3.04. The smallest absolute Gasteiger partial charge is 0.417 e. The molecule has 0 atom stereocenters. The van der Waals surface area contributed by atoms with Crippen molar-refractivity contribution in [3.05, 3.63) is 42.3 Å². The molecule has 4 heterocycles. The molecule has 0 bridgehead atoms. The van der Waals surface area contributed by atoms with E-state index in [0.717, 1.165) is 23.1 Å². The van der Waals surface area contributed by atoms with Gasteiger partial charge < -0.3 is 14.1 Å². The van der Waals surface area contributed by atoms with Gasteiger partial charge in [-0.1, -0.05) is 0 Å². The van der Waals surface area contributed by atoms with Gasteiger partial charge in [0.05, 0.1) is 30.1 Å². The van der Waals surface area contributed by atoms with Crippen LogP contribution in [0.5, 0.6) is 0 Å². The molecular weight excluding hydrogens is 365 g/mol. The van der Waals surface area contributed by atoms with Gasteiger partial charge in [0.1, 0.15) is 11.3 Å². The Hall–Kier alpha value is -2.88. The van der Waals surface area contributed by atoms with E-state index in [1.807, 2.05) is 0 Å². The lowest BCUT2D eigenvalue weighted by Gasteiger charge is -2.19. The first kappa shape index (κ1) is 17.5. The Balaban J connectivity index is 1.85. The third-order valence-electron chi connectivity index (χ3n) is 4.36. The van der Waals surface area contributed by atoms with Crippen molar-refractivity contribution in [3.8, 4) is 11.3 Å². The maximum atomic E-state index is 13.4. The van der Waals surface area contributed by atoms with Crippen LogP contribution in [0.2, 0.25) is 0 Å². The SMILES string of the molecule is O=C(c1cnc2c(-c3cnco3)cc(C(F)(F)F)cn12)N1CCCOCC1. The molecule has 1 amide bonds. The van der Waals surface area contributed by atoms with E-state index in [4.69, 9.17) is 9.15 Å². The van der Waals surface area contributed by atoms with Crippen LogP contribution in [-0.2, 0) is 10.9 Å². The minimum absolute atomic E-state index is 0.0544. The van der Waals surface area contributed by atoms with Crippen LogP contribution in [0.1, 0.15) is 22.5 Å². The number of carbonyl (C=O) groups is 1. The lowest BCUT2D eigenvalue weighted by Crippen LogP contribution is -2.34. The molecule has 3 aromatic heterocycles. The van der Waals surface area contributed by atoms with Gasteiger partial charge in [0.15, 0.2) is 12.2 Å². The summed E-state index contributed by atoms with van der Waals surface area (Å²) in [7, 11) is 0. The van der Waals surface area contributed by atoms with Crippen LogP contribution in [0.25, 0.3) is 17.0 Å². The summed E-state index contributed by atoms with van der Waals surface area (Å²) in [5, 5.41) is 0. The largest absolute Gasteiger partial charge is 0.443 e. The minimum Gasteiger partial charge on any atom is -0.443 e. The fraction of sp³-hybridized carbons (Fsp3) is 0.353. The van der Waals surface area contributed by atoms with E-state index in [9.17, 15) is 18.0 Å². The first-order valence-electron chi connectivity index (χ1n) is 8.29. The van der Waals surface area contributed by atoms with Crippen LogP contribution in [0, 0.1) is 0 Å². The molecule has 7 nitrogen and oxygen atoms in total. The summed E-state index contributed by atoms with van der Waals surface area (Å²) >= 11 is 0. The van der Waals surface area contributed by atoms with E-state index in [2.05, 4.69) is 9.97 Å². The second kappa shape index (κ2) is 6.69. The molecule has 0 radical (unpaired) electrons. The van der Waals surface area contributed by atoms with Crippen LogP contribution in [0.3, 0.4) is 0 Å². The van der Waals surface area contributed by atoms with Crippen molar-refractivity contribution in [1.82, 2.24) is 19.3 Å². The molecule has 1 aliphatic heterocycles. The summed E-state index contributed by atoms with van der Waals surface area (Å²) < 4.78 is 51.8. The molecule has 0 aromatic carbocycles. The third kappa shape index (κ3) is 3.27. The first-order valence-corrected chi connectivity index (χ1v) is 8.29. The quantitative estimate of drug-likeness (QED) is 0.684. The molecule has 4 rings (SSSR count). The molecule has 1 fully saturated rings. The topological polar surface area (TPSA) is 72.9 Å². The number of alkyl halides is 3. The monoisotopic (exact) mass is 380 g/mol. The van der Waals surface area contributed by atoms with Crippen molar-refractivity contribution in [2.24, 2.45) is 0 Å². The summed E-state index contributed by atoms with van der Waals surface area (Å²) in [5.41, 5.74) is -0.554. The Kier molecular flexibility index (Phi) is 4.34. The van der Waals surface area contributed by atoms with E-state index in [1.165, 1.54) is 12.4 Å². The molecular formula is C17H15F3N4O3. The predicted octanol–water partition coefficient (Wildman–Crippen LogP) is 2.87. The maximum Gasteiger partial charge on any atom is 0.417 e. The number of fused-ring (bicyclic) bond motifs is 1. The van der Waals surface area contributed by atoms with Gasteiger partial charge in [-0.3, -0.25) is 9.20 Å². The molecule has 0 unspecified atom stereocenters. The number of halogens is 3. The van der Waals surface area contributed by atoms with Crippen LogP contribution in [0.4, 0.5) is 13.2 Å². The number of nitrogens with zero attached hydrogens (tertiary/aromatic N) is 4. The Morgan fingerprint density at radius 3 is 2.78 bits per heavy atom. The van der Waals surface area contributed by atoms with Gasteiger partial charge in [-0.25, -0.2) is 9.97 Å². The molecule has 0 N–H and O–H groups in total. The maximum absolute atomic E-state index is 13.4. The molecule has 0 aliphatic carbocycles. The lowest BCUT2D eigenvalue weighted by atomic mass is 10.1. The number of amides is 1. The van der Waals surface area contributed by atoms with Gasteiger partial charge in [-0.05, 0) is 12.5 Å². The number of rotatable bonds is 2. The Labute approximate surface area is 151 Å². The normalized spacial score (nSPS) is 15.9. The molecule has 10 heteroatoms. The Morgan fingerprint density at radius 2 is 2.04 bits per heavy atom. The van der Waals surface area contributed by atoms with E-state index in [1.54, 1.807) is 4.90 Å². The van der Waals surface area contributed by atoms with Gasteiger partial charge in [0.25, 0.3) is 5.91 Å². The number of carbonyl (C=O) groups excluding carboxylic acids is 1. The van der Waals surface area contributed by atoms with Crippen LogP contribution in [0.15, 0.2) is 35.5 Å². The number of hydrogen-bond donors (Lipinski definition) is 0. The zero-order valence-electron chi connectivity index (χ0n) is 14.1. The van der Waals surface area contributed by atoms with Crippen molar-refractivity contribution < 1.29 is 27.1 Å². The minimum atomic E-state index is -4.59. The highest BCUT2D eigenvalue weighted by Gasteiger charge is 2.33. The highest BCUT2D eigenvalue weighted by Crippen LogP contribution is 2.34. The Morgan fingerprint density at radius 1 is 1.19 bits per heavy atom. The van der Waals surface area contributed by atoms with E-state index >= 15 is 0 Å². The zero-order valence-corrected chi connectivity index (χ0v) is 14.1. The third-order valence-corrected chi connectivity index (χ3v) is 4.36. The predicted molar refractivity (Wildman–Crippen MR) is 87.0 cm³/mol. The van der Waals surface area contributed by atoms with Crippen LogP contribution < -0.4 is 0 Å². The molecule has 0 spiro atoms. The molecule has 0 saturated carbocycles. The standard InChI is InChI=1S/C17H15F3N4O3/c18-17(19,20)11-6-12(14-8-21-10-27-14)15-22-7-13(24(15)9-11)16(25)23-2-1-4-26-5-3-23/h6-10H,1-5H2. The number of aromatic nitrogens is 3. The van der Waals surface area contributed by atoms with Gasteiger partial charge in [-0.15, -0.1) is 0 Å². The average molecular weight is 380 g/mol. The fourth-order valence-electron chi connectivity index (χ4n) is 3.04. The summed E-state index contributed by atoms with van der Waals surface area (Å²) in [6.07, 6.45) is 0.660. The second-order valence-corrected chi connectivity index (χ2v) is 6.10. The molecule has 1 saturated heterocycles. The number of imidazole rings is 1. The zero-order chi connectivity index (χ0) is 19.0. The number of hydrogen-bond acceptors (Lipinski definition) is 5. The van der Waals surface area contributed by atoms with Crippen molar-refractivity contribution in [3.63, 3.8) is 0 Å². The highest BCUT2D eigenvalue weighted by molar-refractivity contribution is 5.94. The average Bonchev–Trinajstić information content (AvgIpc) is 3.23. The van der Waals surface area contributed by atoms with E-state index in [0.29, 0.717) is 32.7 Å². The summed E-state index contributed by atoms with van der Waals surface area (Å²) in [6.45, 7) is 1.78. The van der Waals surface area contributed by atoms with Crippen LogP contribution >= 0.6 is 0 Å². The van der Waals surface area contributed by atoms with Crippen LogP contribution in [-0.4, -0.2) is 51.5 Å². The van der Waals surface area contributed by atoms with Gasteiger partial charge >= 0.3 is 6.18 Å². The summed E-state index contributed by atoms with van der Waals surface area (Å²) in [6, 6.07) is 0.941. The number of oxazole rings is 1. The van der Waals surface area contributed by atoms with Crippen molar-refractivity contribution in [2.45, 2.75) is 12.6 Å². The molecule has 1 aliphatic rings. The number of pyridine rings is 1. The van der Waals surface area contributed by atoms with E-state index in [-0.39, 0.29) is 22.7 Å². The molecule has 27 heavy (non-hydrogen) atoms. The second-order valence-electron chi connectivity index (χ2n) is 6.10.